The Hall–Kier alpha value is -2.75. The molecule has 34 heavy (non-hydrogen) atoms. The number of halogens is 6. The molecule has 6 nitrogen and oxygen atoms in total. The van der Waals surface area contributed by atoms with Gasteiger partial charge >= 0.3 is 6.18 Å². The molecule has 2 aromatic carbocycles. The minimum absolute atomic E-state index is 0.0435. The van der Waals surface area contributed by atoms with E-state index >= 15 is 0 Å². The second-order valence-corrected chi connectivity index (χ2v) is 8.88. The Morgan fingerprint density at radius 2 is 1.82 bits per heavy atom. The number of amides is 1. The molecule has 1 atom stereocenters. The summed E-state index contributed by atoms with van der Waals surface area (Å²) in [6, 6.07) is 9.68. The van der Waals surface area contributed by atoms with Crippen LogP contribution in [0.1, 0.15) is 39.2 Å². The van der Waals surface area contributed by atoms with E-state index in [2.05, 4.69) is 15.6 Å². The summed E-state index contributed by atoms with van der Waals surface area (Å²) < 4.78 is 47.4. The molecule has 3 aromatic rings. The predicted molar refractivity (Wildman–Crippen MR) is 120 cm³/mol. The number of hydrogen-bond donors (Lipinski definition) is 1. The van der Waals surface area contributed by atoms with Crippen LogP contribution < -0.4 is 5.32 Å². The molecular weight excluding hydrogens is 518 g/mol. The van der Waals surface area contributed by atoms with Crippen LogP contribution in [0, 0.1) is 6.92 Å². The van der Waals surface area contributed by atoms with Crippen LogP contribution in [0.2, 0.25) is 15.2 Å². The monoisotopic (exact) mass is 531 g/mol. The number of carbonyl (C=O) groups excluding carboxylic acids is 1. The molecule has 1 aromatic heterocycles. The molecule has 0 saturated carbocycles. The quantitative estimate of drug-likeness (QED) is 0.409. The van der Waals surface area contributed by atoms with Crippen molar-refractivity contribution in [1.82, 2.24) is 10.5 Å². The standard InChI is InChI=1S/C22H15Cl3F3N3O3/c1-11-4-12(2-3-17(11)20(32)29-10-16-8-19(25)31-33-16)18-9-21(34-30-18,22(26,27)28)13-5-14(23)7-15(24)6-13/h2-8H,9-10H2,1H3,(H,29,32). The van der Waals surface area contributed by atoms with Crippen LogP contribution in [0.5, 0.6) is 0 Å². The number of alkyl halides is 3. The minimum atomic E-state index is -4.80. The topological polar surface area (TPSA) is 76.7 Å². The maximum Gasteiger partial charge on any atom is 0.435 e. The average Bonchev–Trinajstić information content (AvgIpc) is 3.38. The first-order chi connectivity index (χ1) is 16.0. The lowest BCUT2D eigenvalue weighted by molar-refractivity contribution is -0.275. The number of aromatic nitrogens is 1. The van der Waals surface area contributed by atoms with Gasteiger partial charge < -0.3 is 14.7 Å². The van der Waals surface area contributed by atoms with Crippen molar-refractivity contribution in [3.05, 3.63) is 85.7 Å². The summed E-state index contributed by atoms with van der Waals surface area (Å²) in [5.74, 6) is -0.0333. The zero-order chi connectivity index (χ0) is 24.7. The Morgan fingerprint density at radius 3 is 2.41 bits per heavy atom. The summed E-state index contributed by atoms with van der Waals surface area (Å²) in [6.07, 6.45) is -5.39. The van der Waals surface area contributed by atoms with Crippen LogP contribution in [0.15, 0.2) is 52.1 Å². The highest BCUT2D eigenvalue weighted by Gasteiger charge is 2.62. The van der Waals surface area contributed by atoms with Gasteiger partial charge in [-0.2, -0.15) is 13.2 Å². The van der Waals surface area contributed by atoms with Gasteiger partial charge in [0.15, 0.2) is 10.9 Å². The molecule has 178 valence electrons. The van der Waals surface area contributed by atoms with Crippen molar-refractivity contribution >= 4 is 46.4 Å². The van der Waals surface area contributed by atoms with Crippen LogP contribution in [-0.4, -0.2) is 23.0 Å². The number of aryl methyl sites for hydroxylation is 1. The molecule has 1 amide bonds. The zero-order valence-electron chi connectivity index (χ0n) is 17.3. The highest BCUT2D eigenvalue weighted by molar-refractivity contribution is 6.34. The van der Waals surface area contributed by atoms with Gasteiger partial charge in [-0.25, -0.2) is 0 Å². The molecule has 1 aliphatic heterocycles. The summed E-state index contributed by atoms with van der Waals surface area (Å²) in [5, 5.41) is 10.2. The van der Waals surface area contributed by atoms with Gasteiger partial charge in [-0.15, -0.1) is 0 Å². The molecule has 2 heterocycles. The second kappa shape index (κ2) is 9.13. The average molecular weight is 533 g/mol. The van der Waals surface area contributed by atoms with E-state index < -0.39 is 24.1 Å². The van der Waals surface area contributed by atoms with Crippen molar-refractivity contribution < 1.29 is 27.3 Å². The Balaban J connectivity index is 1.55. The highest BCUT2D eigenvalue weighted by Crippen LogP contribution is 2.49. The fourth-order valence-corrected chi connectivity index (χ4v) is 4.26. The Bertz CT molecular complexity index is 1270. The van der Waals surface area contributed by atoms with Crippen molar-refractivity contribution in [2.75, 3.05) is 0 Å². The van der Waals surface area contributed by atoms with E-state index in [0.717, 1.165) is 12.1 Å². The summed E-state index contributed by atoms with van der Waals surface area (Å²) in [5.41, 5.74) is -1.67. The molecule has 1 aliphatic rings. The minimum Gasteiger partial charge on any atom is -0.374 e. The lowest BCUT2D eigenvalue weighted by Gasteiger charge is -2.29. The Morgan fingerprint density at radius 1 is 1.12 bits per heavy atom. The van der Waals surface area contributed by atoms with E-state index in [1.54, 1.807) is 13.0 Å². The lowest BCUT2D eigenvalue weighted by Crippen LogP contribution is -2.42. The largest absolute Gasteiger partial charge is 0.435 e. The van der Waals surface area contributed by atoms with E-state index in [1.807, 2.05) is 0 Å². The summed E-state index contributed by atoms with van der Waals surface area (Å²) in [7, 11) is 0. The first-order valence-corrected chi connectivity index (χ1v) is 10.9. The van der Waals surface area contributed by atoms with Gasteiger partial charge in [-0.05, 0) is 48.4 Å². The molecule has 1 N–H and O–H groups in total. The highest BCUT2D eigenvalue weighted by atomic mass is 35.5. The number of rotatable bonds is 5. The molecule has 0 fully saturated rings. The van der Waals surface area contributed by atoms with Gasteiger partial charge in [0.1, 0.15) is 0 Å². The van der Waals surface area contributed by atoms with E-state index in [0.29, 0.717) is 22.5 Å². The van der Waals surface area contributed by atoms with Crippen LogP contribution in [0.4, 0.5) is 13.2 Å². The van der Waals surface area contributed by atoms with Crippen molar-refractivity contribution in [2.24, 2.45) is 5.16 Å². The number of oxime groups is 1. The smallest absolute Gasteiger partial charge is 0.374 e. The number of hydrogen-bond acceptors (Lipinski definition) is 5. The summed E-state index contributed by atoms with van der Waals surface area (Å²) >= 11 is 17.5. The lowest BCUT2D eigenvalue weighted by atomic mass is 9.86. The molecule has 0 saturated heterocycles. The molecule has 0 radical (unpaired) electrons. The SMILES string of the molecule is Cc1cc(C2=NOC(c3cc(Cl)cc(Cl)c3)(C(F)(F)F)C2)ccc1C(=O)NCc1cc(Cl)no1. The van der Waals surface area contributed by atoms with Gasteiger partial charge in [0.2, 0.25) is 0 Å². The van der Waals surface area contributed by atoms with Gasteiger partial charge in [-0.1, -0.05) is 51.2 Å². The number of nitrogens with one attached hydrogen (secondary N) is 1. The van der Waals surface area contributed by atoms with E-state index in [1.165, 1.54) is 24.3 Å². The van der Waals surface area contributed by atoms with Crippen LogP contribution in [0.3, 0.4) is 0 Å². The Kier molecular flexibility index (Phi) is 6.54. The van der Waals surface area contributed by atoms with Crippen molar-refractivity contribution in [1.29, 1.82) is 0 Å². The molecule has 0 spiro atoms. The fraction of sp³-hybridized carbons (Fsp3) is 0.227. The third-order valence-electron chi connectivity index (χ3n) is 5.27. The third-order valence-corrected chi connectivity index (χ3v) is 5.89. The third kappa shape index (κ3) is 4.73. The van der Waals surface area contributed by atoms with Gasteiger partial charge in [0.25, 0.3) is 11.5 Å². The second-order valence-electron chi connectivity index (χ2n) is 7.62. The fourth-order valence-electron chi connectivity index (χ4n) is 3.58. The van der Waals surface area contributed by atoms with Crippen molar-refractivity contribution in [3.63, 3.8) is 0 Å². The maximum absolute atomic E-state index is 14.2. The summed E-state index contributed by atoms with van der Waals surface area (Å²) in [6.45, 7) is 1.73. The molecule has 0 aliphatic carbocycles. The predicted octanol–water partition coefficient (Wildman–Crippen LogP) is 6.46. The Labute approximate surface area is 206 Å². The molecule has 0 bridgehead atoms. The van der Waals surface area contributed by atoms with Crippen LogP contribution >= 0.6 is 34.8 Å². The van der Waals surface area contributed by atoms with Gasteiger partial charge in [0, 0.05) is 33.7 Å². The first kappa shape index (κ1) is 24.4. The normalized spacial score (nSPS) is 17.9. The zero-order valence-corrected chi connectivity index (χ0v) is 19.6. The first-order valence-electron chi connectivity index (χ1n) is 9.77. The molecule has 1 unspecified atom stereocenters. The molecule has 4 rings (SSSR count). The van der Waals surface area contributed by atoms with Gasteiger partial charge in [0.05, 0.1) is 12.3 Å². The molecule has 12 heteroatoms. The number of carbonyl (C=O) groups is 1. The van der Waals surface area contributed by atoms with Crippen LogP contribution in [-0.2, 0) is 17.0 Å². The number of benzene rings is 2. The summed E-state index contributed by atoms with van der Waals surface area (Å²) in [4.78, 5) is 17.5. The van der Waals surface area contributed by atoms with E-state index in [-0.39, 0.29) is 33.0 Å². The van der Waals surface area contributed by atoms with Crippen molar-refractivity contribution in [2.45, 2.75) is 31.7 Å². The van der Waals surface area contributed by atoms with Gasteiger partial charge in [-0.3, -0.25) is 4.79 Å². The van der Waals surface area contributed by atoms with E-state index in [9.17, 15) is 18.0 Å². The van der Waals surface area contributed by atoms with Crippen LogP contribution in [0.25, 0.3) is 0 Å². The van der Waals surface area contributed by atoms with Crippen molar-refractivity contribution in [3.8, 4) is 0 Å². The number of nitrogens with zero attached hydrogens (tertiary/aromatic N) is 2. The van der Waals surface area contributed by atoms with E-state index in [4.69, 9.17) is 44.2 Å². The maximum atomic E-state index is 14.2. The molecular formula is C22H15Cl3F3N3O3.